The normalized spacial score (nSPS) is 15.5. The summed E-state index contributed by atoms with van der Waals surface area (Å²) in [7, 11) is 1.43. The highest BCUT2D eigenvalue weighted by atomic mass is 79.9. The zero-order valence-electron chi connectivity index (χ0n) is 12.9. The zero-order chi connectivity index (χ0) is 16.1. The predicted molar refractivity (Wildman–Crippen MR) is 90.0 cm³/mol. The Kier molecular flexibility index (Phi) is 5.83. The summed E-state index contributed by atoms with van der Waals surface area (Å²) in [5.41, 5.74) is 1.84. The molecule has 1 amide bonds. The number of hydrogen-bond donors (Lipinski definition) is 1. The number of rotatable bonds is 4. The number of nitrogens with zero attached hydrogens (tertiary/aromatic N) is 1. The Balaban J connectivity index is 2.04. The number of hydrogen-bond acceptors (Lipinski definition) is 4. The molecule has 5 nitrogen and oxygen atoms in total. The molecule has 0 bridgehead atoms. The van der Waals surface area contributed by atoms with Gasteiger partial charge in [-0.1, -0.05) is 15.9 Å². The number of ether oxygens (including phenoxy) is 1. The number of methoxy groups -OCH3 is 1. The predicted octanol–water partition coefficient (Wildman–Crippen LogP) is 3.19. The number of benzene rings is 1. The van der Waals surface area contributed by atoms with E-state index in [9.17, 15) is 9.59 Å². The van der Waals surface area contributed by atoms with Crippen LogP contribution in [0.25, 0.3) is 0 Å². The molecule has 0 atom stereocenters. The van der Waals surface area contributed by atoms with Crippen LogP contribution in [0, 0.1) is 5.92 Å². The molecule has 1 aromatic rings. The molecule has 1 aromatic carbocycles. The number of esters is 1. The number of carbonyl (C=O) groups is 2. The molecule has 0 radical (unpaired) electrons. The van der Waals surface area contributed by atoms with E-state index >= 15 is 0 Å². The number of halogens is 1. The first kappa shape index (κ1) is 16.8. The highest BCUT2D eigenvalue weighted by Crippen LogP contribution is 2.33. The van der Waals surface area contributed by atoms with Crippen molar-refractivity contribution in [2.45, 2.75) is 26.2 Å². The molecule has 0 unspecified atom stereocenters. The van der Waals surface area contributed by atoms with E-state index in [-0.39, 0.29) is 11.9 Å². The molecule has 120 valence electrons. The smallest absolute Gasteiger partial charge is 0.305 e. The third-order valence-corrected chi connectivity index (χ3v) is 4.40. The third kappa shape index (κ3) is 4.47. The highest BCUT2D eigenvalue weighted by molar-refractivity contribution is 9.10. The molecule has 1 aliphatic heterocycles. The van der Waals surface area contributed by atoms with Crippen LogP contribution in [0.3, 0.4) is 0 Å². The summed E-state index contributed by atoms with van der Waals surface area (Å²) in [6, 6.07) is 5.90. The van der Waals surface area contributed by atoms with Gasteiger partial charge in [0.2, 0.25) is 5.91 Å². The largest absolute Gasteiger partial charge is 0.469 e. The van der Waals surface area contributed by atoms with E-state index < -0.39 is 0 Å². The van der Waals surface area contributed by atoms with Gasteiger partial charge in [0, 0.05) is 30.9 Å². The van der Waals surface area contributed by atoms with Crippen LogP contribution in [-0.4, -0.2) is 32.1 Å². The number of amides is 1. The Bertz CT molecular complexity index is 554. The van der Waals surface area contributed by atoms with Crippen molar-refractivity contribution in [3.8, 4) is 0 Å². The number of carbonyl (C=O) groups excluding carboxylic acids is 2. The first-order valence-corrected chi connectivity index (χ1v) is 8.17. The van der Waals surface area contributed by atoms with E-state index in [1.54, 1.807) is 0 Å². The van der Waals surface area contributed by atoms with Gasteiger partial charge >= 0.3 is 5.97 Å². The van der Waals surface area contributed by atoms with Crippen molar-refractivity contribution in [2.24, 2.45) is 5.92 Å². The lowest BCUT2D eigenvalue weighted by atomic mass is 9.93. The summed E-state index contributed by atoms with van der Waals surface area (Å²) in [6.45, 7) is 3.25. The lowest BCUT2D eigenvalue weighted by molar-refractivity contribution is -0.141. The maximum Gasteiger partial charge on any atom is 0.305 e. The molecule has 0 saturated carbocycles. The van der Waals surface area contributed by atoms with Gasteiger partial charge in [-0.2, -0.15) is 0 Å². The van der Waals surface area contributed by atoms with Crippen LogP contribution in [0.15, 0.2) is 22.7 Å². The molecule has 1 fully saturated rings. The van der Waals surface area contributed by atoms with Gasteiger partial charge in [0.05, 0.1) is 18.5 Å². The second-order valence-corrected chi connectivity index (χ2v) is 6.47. The standard InChI is InChI=1S/C16H21BrN2O3/c1-11(20)18-14-10-13(17)3-4-15(14)19-7-5-12(6-8-19)9-16(21)22-2/h3-4,10,12H,5-9H2,1-2H3,(H,18,20). The number of piperidine rings is 1. The molecule has 1 saturated heterocycles. The van der Waals surface area contributed by atoms with Gasteiger partial charge in [-0.05, 0) is 37.0 Å². The Morgan fingerprint density at radius 2 is 2.05 bits per heavy atom. The van der Waals surface area contributed by atoms with Crippen LogP contribution < -0.4 is 10.2 Å². The Morgan fingerprint density at radius 1 is 1.36 bits per heavy atom. The van der Waals surface area contributed by atoms with E-state index in [4.69, 9.17) is 4.74 Å². The van der Waals surface area contributed by atoms with Crippen LogP contribution in [0.5, 0.6) is 0 Å². The van der Waals surface area contributed by atoms with E-state index in [1.165, 1.54) is 14.0 Å². The van der Waals surface area contributed by atoms with Crippen LogP contribution >= 0.6 is 15.9 Å². The summed E-state index contributed by atoms with van der Waals surface area (Å²) >= 11 is 3.43. The minimum Gasteiger partial charge on any atom is -0.469 e. The maximum atomic E-state index is 11.4. The number of nitrogens with one attached hydrogen (secondary N) is 1. The zero-order valence-corrected chi connectivity index (χ0v) is 14.5. The molecule has 1 heterocycles. The molecule has 2 rings (SSSR count). The number of anilines is 2. The van der Waals surface area contributed by atoms with Gasteiger partial charge in [-0.3, -0.25) is 9.59 Å². The lowest BCUT2D eigenvalue weighted by Gasteiger charge is -2.34. The van der Waals surface area contributed by atoms with Gasteiger partial charge in [0.1, 0.15) is 0 Å². The minimum atomic E-state index is -0.138. The van der Waals surface area contributed by atoms with Crippen LogP contribution in [-0.2, 0) is 14.3 Å². The first-order valence-electron chi connectivity index (χ1n) is 7.38. The van der Waals surface area contributed by atoms with Gasteiger partial charge in [-0.15, -0.1) is 0 Å². The fourth-order valence-electron chi connectivity index (χ4n) is 2.77. The maximum absolute atomic E-state index is 11.4. The molecule has 0 aromatic heterocycles. The van der Waals surface area contributed by atoms with Crippen LogP contribution in [0.4, 0.5) is 11.4 Å². The molecule has 6 heteroatoms. The van der Waals surface area contributed by atoms with Crippen LogP contribution in [0.2, 0.25) is 0 Å². The summed E-state index contributed by atoms with van der Waals surface area (Å²) < 4.78 is 5.67. The molecular weight excluding hydrogens is 348 g/mol. The van der Waals surface area contributed by atoms with E-state index in [2.05, 4.69) is 26.1 Å². The quantitative estimate of drug-likeness (QED) is 0.829. The minimum absolute atomic E-state index is 0.0834. The topological polar surface area (TPSA) is 58.6 Å². The SMILES string of the molecule is COC(=O)CC1CCN(c2ccc(Br)cc2NC(C)=O)CC1. The average Bonchev–Trinajstić information content (AvgIpc) is 2.48. The van der Waals surface area contributed by atoms with Crippen molar-refractivity contribution in [3.63, 3.8) is 0 Å². The van der Waals surface area contributed by atoms with Gasteiger partial charge in [0.25, 0.3) is 0 Å². The average molecular weight is 369 g/mol. The van der Waals surface area contributed by atoms with E-state index in [0.717, 1.165) is 41.8 Å². The van der Waals surface area contributed by atoms with Crippen molar-refractivity contribution < 1.29 is 14.3 Å². The molecule has 1 aliphatic rings. The lowest BCUT2D eigenvalue weighted by Crippen LogP contribution is -2.35. The molecule has 0 aliphatic carbocycles. The first-order chi connectivity index (χ1) is 10.5. The summed E-state index contributed by atoms with van der Waals surface area (Å²) in [5.74, 6) is 0.157. The molecule has 1 N–H and O–H groups in total. The van der Waals surface area contributed by atoms with E-state index in [1.807, 2.05) is 18.2 Å². The van der Waals surface area contributed by atoms with Crippen molar-refractivity contribution in [3.05, 3.63) is 22.7 Å². The summed E-state index contributed by atoms with van der Waals surface area (Å²) in [6.07, 6.45) is 2.39. The fourth-order valence-corrected chi connectivity index (χ4v) is 3.13. The van der Waals surface area contributed by atoms with Crippen molar-refractivity contribution in [1.29, 1.82) is 0 Å². The Hall–Kier alpha value is -1.56. The van der Waals surface area contributed by atoms with E-state index in [0.29, 0.717) is 12.3 Å². The monoisotopic (exact) mass is 368 g/mol. The fraction of sp³-hybridized carbons (Fsp3) is 0.500. The summed E-state index contributed by atoms with van der Waals surface area (Å²) in [5, 5.41) is 2.88. The van der Waals surface area contributed by atoms with Crippen molar-refractivity contribution in [2.75, 3.05) is 30.4 Å². The Labute approximate surface area is 139 Å². The Morgan fingerprint density at radius 3 is 2.64 bits per heavy atom. The summed E-state index contributed by atoms with van der Waals surface area (Å²) in [4.78, 5) is 25.0. The van der Waals surface area contributed by atoms with Crippen molar-refractivity contribution in [1.82, 2.24) is 0 Å². The van der Waals surface area contributed by atoms with Gasteiger partial charge < -0.3 is 15.0 Å². The van der Waals surface area contributed by atoms with Crippen molar-refractivity contribution >= 4 is 39.2 Å². The molecular formula is C16H21BrN2O3. The van der Waals surface area contributed by atoms with Gasteiger partial charge in [0.15, 0.2) is 0 Å². The third-order valence-electron chi connectivity index (χ3n) is 3.91. The molecule has 0 spiro atoms. The molecule has 22 heavy (non-hydrogen) atoms. The highest BCUT2D eigenvalue weighted by Gasteiger charge is 2.23. The van der Waals surface area contributed by atoms with Gasteiger partial charge in [-0.25, -0.2) is 0 Å². The second-order valence-electron chi connectivity index (χ2n) is 5.55. The second kappa shape index (κ2) is 7.63. The van der Waals surface area contributed by atoms with Crippen LogP contribution in [0.1, 0.15) is 26.2 Å².